The maximum atomic E-state index is 11.7. The first-order valence-electron chi connectivity index (χ1n) is 5.80. The van der Waals surface area contributed by atoms with Crippen LogP contribution in [0.2, 0.25) is 0 Å². The third-order valence-corrected chi connectivity index (χ3v) is 3.16. The molecule has 0 aromatic heterocycles. The predicted octanol–water partition coefficient (Wildman–Crippen LogP) is 1.83. The second-order valence-electron chi connectivity index (χ2n) is 3.81. The summed E-state index contributed by atoms with van der Waals surface area (Å²) in [4.78, 5) is 23.0. The molecule has 0 heterocycles. The topological polar surface area (TPSA) is 66.4 Å². The number of benzene rings is 1. The SMILES string of the molecule is CCCNC(=O)CSCC(=O)c1ccc(O)cc1. The summed E-state index contributed by atoms with van der Waals surface area (Å²) in [7, 11) is 0. The molecule has 2 N–H and O–H groups in total. The monoisotopic (exact) mass is 267 g/mol. The Kier molecular flexibility index (Phi) is 6.28. The van der Waals surface area contributed by atoms with E-state index in [-0.39, 0.29) is 23.2 Å². The Hall–Kier alpha value is -1.49. The number of phenolic OH excluding ortho intramolecular Hbond substituents is 1. The van der Waals surface area contributed by atoms with Crippen molar-refractivity contribution in [3.05, 3.63) is 29.8 Å². The summed E-state index contributed by atoms with van der Waals surface area (Å²) >= 11 is 1.29. The van der Waals surface area contributed by atoms with Crippen LogP contribution in [0.15, 0.2) is 24.3 Å². The van der Waals surface area contributed by atoms with Crippen molar-refractivity contribution in [2.45, 2.75) is 13.3 Å². The van der Waals surface area contributed by atoms with Crippen molar-refractivity contribution in [3.8, 4) is 5.75 Å². The van der Waals surface area contributed by atoms with Crippen molar-refractivity contribution in [3.63, 3.8) is 0 Å². The van der Waals surface area contributed by atoms with Gasteiger partial charge in [0.2, 0.25) is 5.91 Å². The Balaban J connectivity index is 2.29. The van der Waals surface area contributed by atoms with Crippen molar-refractivity contribution in [2.75, 3.05) is 18.1 Å². The lowest BCUT2D eigenvalue weighted by atomic mass is 10.1. The lowest BCUT2D eigenvalue weighted by molar-refractivity contribution is -0.118. The Labute approximate surface area is 111 Å². The van der Waals surface area contributed by atoms with E-state index in [2.05, 4.69) is 5.32 Å². The molecule has 18 heavy (non-hydrogen) atoms. The molecule has 0 aliphatic carbocycles. The van der Waals surface area contributed by atoms with E-state index in [0.29, 0.717) is 17.9 Å². The van der Waals surface area contributed by atoms with Gasteiger partial charge in [0.1, 0.15) is 5.75 Å². The number of amides is 1. The molecule has 0 spiro atoms. The number of carbonyl (C=O) groups is 2. The highest BCUT2D eigenvalue weighted by Gasteiger charge is 2.07. The highest BCUT2D eigenvalue weighted by atomic mass is 32.2. The number of thioether (sulfide) groups is 1. The van der Waals surface area contributed by atoms with E-state index in [9.17, 15) is 9.59 Å². The van der Waals surface area contributed by atoms with E-state index >= 15 is 0 Å². The molecule has 5 heteroatoms. The summed E-state index contributed by atoms with van der Waals surface area (Å²) < 4.78 is 0. The van der Waals surface area contributed by atoms with Gasteiger partial charge < -0.3 is 10.4 Å². The zero-order chi connectivity index (χ0) is 13.4. The second-order valence-corrected chi connectivity index (χ2v) is 4.80. The first kappa shape index (κ1) is 14.6. The number of phenols is 1. The molecule has 0 saturated heterocycles. The van der Waals surface area contributed by atoms with Gasteiger partial charge in [0, 0.05) is 12.1 Å². The number of nitrogens with one attached hydrogen (secondary N) is 1. The van der Waals surface area contributed by atoms with Crippen LogP contribution in [0, 0.1) is 0 Å². The lowest BCUT2D eigenvalue weighted by Gasteiger charge is -2.03. The number of aromatic hydroxyl groups is 1. The molecular weight excluding hydrogens is 250 g/mol. The maximum Gasteiger partial charge on any atom is 0.230 e. The molecule has 1 rings (SSSR count). The Morgan fingerprint density at radius 2 is 1.89 bits per heavy atom. The van der Waals surface area contributed by atoms with Gasteiger partial charge in [-0.2, -0.15) is 0 Å². The second kappa shape index (κ2) is 7.76. The fourth-order valence-corrected chi connectivity index (χ4v) is 2.02. The van der Waals surface area contributed by atoms with E-state index < -0.39 is 0 Å². The van der Waals surface area contributed by atoms with Crippen LogP contribution >= 0.6 is 11.8 Å². The summed E-state index contributed by atoms with van der Waals surface area (Å²) in [5.41, 5.74) is 0.550. The van der Waals surface area contributed by atoms with Gasteiger partial charge in [-0.15, -0.1) is 11.8 Å². The molecule has 1 aromatic carbocycles. The van der Waals surface area contributed by atoms with Gasteiger partial charge in [-0.3, -0.25) is 9.59 Å². The Morgan fingerprint density at radius 3 is 2.50 bits per heavy atom. The summed E-state index contributed by atoms with van der Waals surface area (Å²) in [5, 5.41) is 11.8. The average Bonchev–Trinajstić information content (AvgIpc) is 2.37. The van der Waals surface area contributed by atoms with Gasteiger partial charge in [-0.05, 0) is 30.7 Å². The largest absolute Gasteiger partial charge is 0.508 e. The van der Waals surface area contributed by atoms with Gasteiger partial charge in [0.05, 0.1) is 11.5 Å². The van der Waals surface area contributed by atoms with Crippen LogP contribution in [0.4, 0.5) is 0 Å². The average molecular weight is 267 g/mol. The maximum absolute atomic E-state index is 11.7. The van der Waals surface area contributed by atoms with Crippen LogP contribution < -0.4 is 5.32 Å². The minimum atomic E-state index is -0.0413. The summed E-state index contributed by atoms with van der Waals surface area (Å²) in [6.07, 6.45) is 0.906. The fourth-order valence-electron chi connectivity index (χ4n) is 1.28. The highest BCUT2D eigenvalue weighted by Crippen LogP contribution is 2.12. The standard InChI is InChI=1S/C13H17NO3S/c1-2-7-14-13(17)9-18-8-12(16)10-3-5-11(15)6-4-10/h3-6,15H,2,7-9H2,1H3,(H,14,17). The Bertz CT molecular complexity index is 403. The molecule has 0 saturated carbocycles. The van der Waals surface area contributed by atoms with E-state index in [1.807, 2.05) is 6.92 Å². The number of hydrogen-bond donors (Lipinski definition) is 2. The minimum Gasteiger partial charge on any atom is -0.508 e. The smallest absolute Gasteiger partial charge is 0.230 e. The fraction of sp³-hybridized carbons (Fsp3) is 0.385. The number of carbonyl (C=O) groups excluding carboxylic acids is 2. The van der Waals surface area contributed by atoms with Gasteiger partial charge in [-0.25, -0.2) is 0 Å². The quantitative estimate of drug-likeness (QED) is 0.740. The first-order valence-corrected chi connectivity index (χ1v) is 6.95. The molecule has 0 bridgehead atoms. The van der Waals surface area contributed by atoms with Crippen LogP contribution in [-0.4, -0.2) is 34.8 Å². The zero-order valence-electron chi connectivity index (χ0n) is 10.3. The number of ketones is 1. The van der Waals surface area contributed by atoms with Crippen molar-refractivity contribution in [1.29, 1.82) is 0 Å². The molecule has 0 aliphatic heterocycles. The number of hydrogen-bond acceptors (Lipinski definition) is 4. The molecule has 0 aliphatic rings. The van der Waals surface area contributed by atoms with Gasteiger partial charge >= 0.3 is 0 Å². The summed E-state index contributed by atoms with van der Waals surface area (Å²) in [6, 6.07) is 6.11. The lowest BCUT2D eigenvalue weighted by Crippen LogP contribution is -2.26. The van der Waals surface area contributed by atoms with Crippen molar-refractivity contribution < 1.29 is 14.7 Å². The molecule has 0 fully saturated rings. The van der Waals surface area contributed by atoms with Crippen LogP contribution in [-0.2, 0) is 4.79 Å². The zero-order valence-corrected chi connectivity index (χ0v) is 11.1. The van der Waals surface area contributed by atoms with Crippen molar-refractivity contribution >= 4 is 23.5 Å². The molecule has 98 valence electrons. The van der Waals surface area contributed by atoms with Crippen LogP contribution in [0.3, 0.4) is 0 Å². The number of rotatable bonds is 7. The Morgan fingerprint density at radius 1 is 1.22 bits per heavy atom. The van der Waals surface area contributed by atoms with Crippen molar-refractivity contribution in [2.24, 2.45) is 0 Å². The first-order chi connectivity index (χ1) is 8.63. The highest BCUT2D eigenvalue weighted by molar-refractivity contribution is 8.00. The molecule has 0 unspecified atom stereocenters. The minimum absolute atomic E-state index is 0.0386. The van der Waals surface area contributed by atoms with Crippen molar-refractivity contribution in [1.82, 2.24) is 5.32 Å². The van der Waals surface area contributed by atoms with E-state index in [1.54, 1.807) is 12.1 Å². The van der Waals surface area contributed by atoms with E-state index in [1.165, 1.54) is 23.9 Å². The van der Waals surface area contributed by atoms with E-state index in [4.69, 9.17) is 5.11 Å². The van der Waals surface area contributed by atoms with Crippen LogP contribution in [0.1, 0.15) is 23.7 Å². The summed E-state index contributed by atoms with van der Waals surface area (Å²) in [5.74, 6) is 0.621. The predicted molar refractivity (Wildman–Crippen MR) is 73.1 cm³/mol. The molecule has 0 atom stereocenters. The third kappa shape index (κ3) is 5.23. The molecule has 1 amide bonds. The van der Waals surface area contributed by atoms with E-state index in [0.717, 1.165) is 6.42 Å². The molecule has 0 radical (unpaired) electrons. The molecule has 4 nitrogen and oxygen atoms in total. The number of Topliss-reactive ketones (excluding diaryl/α,β-unsaturated/α-hetero) is 1. The molecule has 1 aromatic rings. The van der Waals surface area contributed by atoms with Gasteiger partial charge in [0.25, 0.3) is 0 Å². The molecular formula is C13H17NO3S. The van der Waals surface area contributed by atoms with Crippen LogP contribution in [0.25, 0.3) is 0 Å². The van der Waals surface area contributed by atoms with Gasteiger partial charge in [0.15, 0.2) is 5.78 Å². The normalized spacial score (nSPS) is 10.1. The van der Waals surface area contributed by atoms with Gasteiger partial charge in [-0.1, -0.05) is 6.92 Å². The third-order valence-electron chi connectivity index (χ3n) is 2.23. The van der Waals surface area contributed by atoms with Crippen LogP contribution in [0.5, 0.6) is 5.75 Å². The summed E-state index contributed by atoms with van der Waals surface area (Å²) in [6.45, 7) is 2.66.